The van der Waals surface area contributed by atoms with E-state index in [2.05, 4.69) is 12.2 Å². The van der Waals surface area contributed by atoms with E-state index in [9.17, 15) is 0 Å². The molecule has 2 heteroatoms. The van der Waals surface area contributed by atoms with Crippen molar-refractivity contribution in [2.45, 2.75) is 26.2 Å². The third kappa shape index (κ3) is 2.95. The molecular formula is C10H19NO. The summed E-state index contributed by atoms with van der Waals surface area (Å²) in [5.74, 6) is 0. The van der Waals surface area contributed by atoms with E-state index in [1.165, 1.54) is 31.4 Å². The van der Waals surface area contributed by atoms with Crippen molar-refractivity contribution in [3.63, 3.8) is 0 Å². The first-order valence-corrected chi connectivity index (χ1v) is 4.71. The van der Waals surface area contributed by atoms with Gasteiger partial charge < -0.3 is 10.1 Å². The smallest absolute Gasteiger partial charge is 0.0672 e. The summed E-state index contributed by atoms with van der Waals surface area (Å²) in [6, 6.07) is 0. The average molecular weight is 169 g/mol. The summed E-state index contributed by atoms with van der Waals surface area (Å²) in [6.07, 6.45) is 3.73. The van der Waals surface area contributed by atoms with Gasteiger partial charge in [-0.2, -0.15) is 0 Å². The lowest BCUT2D eigenvalue weighted by Crippen LogP contribution is -2.13. The van der Waals surface area contributed by atoms with Gasteiger partial charge in [0.15, 0.2) is 0 Å². The van der Waals surface area contributed by atoms with Crippen LogP contribution < -0.4 is 5.32 Å². The molecule has 0 spiro atoms. The molecule has 1 aliphatic rings. The Balaban J connectivity index is 2.50. The first kappa shape index (κ1) is 9.75. The predicted molar refractivity (Wildman–Crippen MR) is 51.3 cm³/mol. The van der Waals surface area contributed by atoms with Gasteiger partial charge in [0.1, 0.15) is 0 Å². The van der Waals surface area contributed by atoms with Crippen LogP contribution in [0.3, 0.4) is 0 Å². The number of nitrogens with one attached hydrogen (secondary N) is 1. The van der Waals surface area contributed by atoms with Crippen LogP contribution in [0.2, 0.25) is 0 Å². The first-order chi connectivity index (χ1) is 5.84. The second kappa shape index (κ2) is 5.33. The molecule has 0 aliphatic carbocycles. The number of hydrogen-bond donors (Lipinski definition) is 1. The van der Waals surface area contributed by atoms with Crippen LogP contribution in [0, 0.1) is 0 Å². The number of hydrogen-bond acceptors (Lipinski definition) is 2. The maximum atomic E-state index is 5.12. The van der Waals surface area contributed by atoms with Crippen molar-refractivity contribution in [3.05, 3.63) is 11.1 Å². The van der Waals surface area contributed by atoms with Crippen LogP contribution in [0.1, 0.15) is 26.2 Å². The third-order valence-electron chi connectivity index (χ3n) is 2.40. The summed E-state index contributed by atoms with van der Waals surface area (Å²) in [4.78, 5) is 0. The van der Waals surface area contributed by atoms with Gasteiger partial charge in [-0.15, -0.1) is 0 Å². The van der Waals surface area contributed by atoms with Crippen LogP contribution in [0.5, 0.6) is 0 Å². The molecule has 0 unspecified atom stereocenters. The van der Waals surface area contributed by atoms with E-state index in [0.29, 0.717) is 0 Å². The number of rotatable bonds is 2. The van der Waals surface area contributed by atoms with Gasteiger partial charge in [-0.25, -0.2) is 0 Å². The standard InChI is InChI=1S/C10H19NO/c1-9(8-12-2)10-4-3-6-11-7-5-10/h11H,3-8H2,1-2H3/b10-9+. The average Bonchev–Trinajstić information content (AvgIpc) is 2.32. The minimum Gasteiger partial charge on any atom is -0.380 e. The zero-order valence-electron chi connectivity index (χ0n) is 8.15. The molecule has 1 rings (SSSR count). The van der Waals surface area contributed by atoms with Crippen LogP contribution in [0.15, 0.2) is 11.1 Å². The monoisotopic (exact) mass is 169 g/mol. The Morgan fingerprint density at radius 3 is 3.00 bits per heavy atom. The lowest BCUT2D eigenvalue weighted by molar-refractivity contribution is 0.224. The van der Waals surface area contributed by atoms with E-state index in [1.54, 1.807) is 12.7 Å². The topological polar surface area (TPSA) is 21.3 Å². The summed E-state index contributed by atoms with van der Waals surface area (Å²) in [6.45, 7) is 5.29. The molecule has 0 aromatic rings. The van der Waals surface area contributed by atoms with E-state index in [0.717, 1.165) is 13.2 Å². The molecule has 0 bridgehead atoms. The Bertz CT molecular complexity index is 153. The van der Waals surface area contributed by atoms with Crippen molar-refractivity contribution in [1.29, 1.82) is 0 Å². The van der Waals surface area contributed by atoms with E-state index >= 15 is 0 Å². The van der Waals surface area contributed by atoms with Crippen LogP contribution in [0.25, 0.3) is 0 Å². The summed E-state index contributed by atoms with van der Waals surface area (Å²) in [5.41, 5.74) is 3.03. The van der Waals surface area contributed by atoms with E-state index in [1.807, 2.05) is 0 Å². The highest BCUT2D eigenvalue weighted by Gasteiger charge is 2.06. The molecule has 1 heterocycles. The fraction of sp³-hybridized carbons (Fsp3) is 0.800. The molecule has 1 N–H and O–H groups in total. The lowest BCUT2D eigenvalue weighted by Gasteiger charge is -2.07. The summed E-state index contributed by atoms with van der Waals surface area (Å²) in [5, 5.41) is 3.40. The quantitative estimate of drug-likeness (QED) is 0.636. The highest BCUT2D eigenvalue weighted by Crippen LogP contribution is 2.16. The zero-order chi connectivity index (χ0) is 8.81. The Morgan fingerprint density at radius 2 is 2.25 bits per heavy atom. The summed E-state index contributed by atoms with van der Waals surface area (Å²) < 4.78 is 5.12. The number of methoxy groups -OCH3 is 1. The van der Waals surface area contributed by atoms with Gasteiger partial charge in [0.05, 0.1) is 6.61 Å². The van der Waals surface area contributed by atoms with Crippen LogP contribution in [-0.4, -0.2) is 26.8 Å². The van der Waals surface area contributed by atoms with Crippen molar-refractivity contribution in [3.8, 4) is 0 Å². The van der Waals surface area contributed by atoms with Crippen molar-refractivity contribution < 1.29 is 4.74 Å². The van der Waals surface area contributed by atoms with Gasteiger partial charge in [-0.05, 0) is 44.8 Å². The van der Waals surface area contributed by atoms with Gasteiger partial charge >= 0.3 is 0 Å². The molecule has 2 nitrogen and oxygen atoms in total. The zero-order valence-corrected chi connectivity index (χ0v) is 8.15. The van der Waals surface area contributed by atoms with Gasteiger partial charge in [-0.3, -0.25) is 0 Å². The molecule has 1 fully saturated rings. The summed E-state index contributed by atoms with van der Waals surface area (Å²) >= 11 is 0. The molecule has 0 aromatic heterocycles. The molecule has 12 heavy (non-hydrogen) atoms. The van der Waals surface area contributed by atoms with Crippen molar-refractivity contribution in [2.24, 2.45) is 0 Å². The normalized spacial score (nSPS) is 23.5. The Hall–Kier alpha value is -0.340. The lowest BCUT2D eigenvalue weighted by atomic mass is 10.0. The van der Waals surface area contributed by atoms with Crippen molar-refractivity contribution in [1.82, 2.24) is 5.32 Å². The van der Waals surface area contributed by atoms with E-state index < -0.39 is 0 Å². The van der Waals surface area contributed by atoms with Gasteiger partial charge in [0.25, 0.3) is 0 Å². The van der Waals surface area contributed by atoms with E-state index in [4.69, 9.17) is 4.74 Å². The van der Waals surface area contributed by atoms with Crippen LogP contribution >= 0.6 is 0 Å². The third-order valence-corrected chi connectivity index (χ3v) is 2.40. The van der Waals surface area contributed by atoms with Gasteiger partial charge in [0, 0.05) is 7.11 Å². The predicted octanol–water partition coefficient (Wildman–Crippen LogP) is 1.72. The number of ether oxygens (including phenoxy) is 1. The highest BCUT2D eigenvalue weighted by atomic mass is 16.5. The largest absolute Gasteiger partial charge is 0.380 e. The maximum absolute atomic E-state index is 5.12. The fourth-order valence-electron chi connectivity index (χ4n) is 1.66. The molecule has 70 valence electrons. The van der Waals surface area contributed by atoms with Gasteiger partial charge in [-0.1, -0.05) is 5.57 Å². The fourth-order valence-corrected chi connectivity index (χ4v) is 1.66. The van der Waals surface area contributed by atoms with Crippen LogP contribution in [0.4, 0.5) is 0 Å². The highest BCUT2D eigenvalue weighted by molar-refractivity contribution is 5.13. The molecule has 0 radical (unpaired) electrons. The van der Waals surface area contributed by atoms with Crippen molar-refractivity contribution in [2.75, 3.05) is 26.8 Å². The van der Waals surface area contributed by atoms with Gasteiger partial charge in [0.2, 0.25) is 0 Å². The molecule has 0 atom stereocenters. The Labute approximate surface area is 75.0 Å². The first-order valence-electron chi connectivity index (χ1n) is 4.71. The molecule has 0 saturated carbocycles. The minimum absolute atomic E-state index is 0.801. The van der Waals surface area contributed by atoms with Crippen molar-refractivity contribution >= 4 is 0 Å². The summed E-state index contributed by atoms with van der Waals surface area (Å²) in [7, 11) is 1.76. The maximum Gasteiger partial charge on any atom is 0.0672 e. The molecular weight excluding hydrogens is 150 g/mol. The molecule has 1 aliphatic heterocycles. The van der Waals surface area contributed by atoms with Crippen LogP contribution in [-0.2, 0) is 4.74 Å². The second-order valence-electron chi connectivity index (χ2n) is 3.42. The molecule has 0 amide bonds. The Morgan fingerprint density at radius 1 is 1.42 bits per heavy atom. The molecule has 1 saturated heterocycles. The minimum atomic E-state index is 0.801. The van der Waals surface area contributed by atoms with E-state index in [-0.39, 0.29) is 0 Å². The second-order valence-corrected chi connectivity index (χ2v) is 3.42. The Kier molecular flexibility index (Phi) is 4.33. The molecule has 0 aromatic carbocycles. The SMILES string of the molecule is COC/C(C)=C1\CCCNCC1.